The topological polar surface area (TPSA) is 29.1 Å². The minimum atomic E-state index is -0.143. The number of aryl methyl sites for hydroxylation is 1. The van der Waals surface area contributed by atoms with Gasteiger partial charge in [0.25, 0.3) is 0 Å². The first-order valence-corrected chi connectivity index (χ1v) is 9.56. The molecule has 0 fully saturated rings. The highest BCUT2D eigenvalue weighted by Gasteiger charge is 2.17. The molecule has 1 atom stereocenters. The maximum Gasteiger partial charge on any atom is 0.165 e. The van der Waals surface area contributed by atoms with E-state index in [9.17, 15) is 4.79 Å². The molecular weight excluding hydrogens is 410 g/mol. The smallest absolute Gasteiger partial charge is 0.165 e. The summed E-state index contributed by atoms with van der Waals surface area (Å²) in [5.74, 6) is 0.104. The van der Waals surface area contributed by atoms with Gasteiger partial charge in [-0.2, -0.15) is 0 Å². The van der Waals surface area contributed by atoms with Crippen LogP contribution in [0.25, 0.3) is 0 Å². The van der Waals surface area contributed by atoms with E-state index in [4.69, 9.17) is 11.6 Å². The van der Waals surface area contributed by atoms with Crippen molar-refractivity contribution >= 4 is 39.0 Å². The van der Waals surface area contributed by atoms with Gasteiger partial charge in [0.2, 0.25) is 0 Å². The van der Waals surface area contributed by atoms with Crippen molar-refractivity contribution in [1.29, 1.82) is 0 Å². The summed E-state index contributed by atoms with van der Waals surface area (Å²) in [7, 11) is 0. The molecule has 3 rings (SSSR count). The molecule has 0 spiro atoms. The van der Waals surface area contributed by atoms with E-state index in [-0.39, 0.29) is 11.8 Å². The average molecular weight is 429 g/mol. The van der Waals surface area contributed by atoms with Crippen molar-refractivity contribution in [3.63, 3.8) is 0 Å². The Balaban J connectivity index is 1.85. The lowest BCUT2D eigenvalue weighted by atomic mass is 9.97. The van der Waals surface area contributed by atoms with Gasteiger partial charge < -0.3 is 5.32 Å². The van der Waals surface area contributed by atoms with Crippen molar-refractivity contribution < 1.29 is 4.79 Å². The second-order valence-electron chi connectivity index (χ2n) is 6.25. The van der Waals surface area contributed by atoms with Crippen LogP contribution >= 0.6 is 27.5 Å². The zero-order valence-corrected chi connectivity index (χ0v) is 16.7. The largest absolute Gasteiger partial charge is 0.378 e. The first kappa shape index (κ1) is 18.7. The standard InChI is InChI=1S/C22H19BrClNO/c1-15-5-7-17(8-6-15)22(26)14-21(16-9-11-18(23)12-10-16)25-20-4-2-3-19(24)13-20/h2-13,21,25H,14H2,1H3. The molecule has 1 unspecified atom stereocenters. The molecule has 0 bridgehead atoms. The van der Waals surface area contributed by atoms with E-state index in [1.165, 1.54) is 0 Å². The quantitative estimate of drug-likeness (QED) is 0.436. The van der Waals surface area contributed by atoms with Crippen molar-refractivity contribution in [2.45, 2.75) is 19.4 Å². The Kier molecular flexibility index (Phi) is 6.12. The summed E-state index contributed by atoms with van der Waals surface area (Å²) >= 11 is 9.56. The van der Waals surface area contributed by atoms with Crippen molar-refractivity contribution in [1.82, 2.24) is 0 Å². The highest BCUT2D eigenvalue weighted by molar-refractivity contribution is 9.10. The lowest BCUT2D eigenvalue weighted by Gasteiger charge is -2.20. The zero-order chi connectivity index (χ0) is 18.5. The number of rotatable bonds is 6. The molecule has 0 amide bonds. The van der Waals surface area contributed by atoms with Gasteiger partial charge in [-0.3, -0.25) is 4.79 Å². The van der Waals surface area contributed by atoms with E-state index in [2.05, 4.69) is 21.2 Å². The minimum absolute atomic E-state index is 0.104. The van der Waals surface area contributed by atoms with E-state index >= 15 is 0 Å². The monoisotopic (exact) mass is 427 g/mol. The van der Waals surface area contributed by atoms with Crippen molar-refractivity contribution in [2.75, 3.05) is 5.32 Å². The molecule has 26 heavy (non-hydrogen) atoms. The predicted molar refractivity (Wildman–Crippen MR) is 112 cm³/mol. The average Bonchev–Trinajstić information content (AvgIpc) is 2.62. The first-order valence-electron chi connectivity index (χ1n) is 8.39. The number of benzene rings is 3. The fourth-order valence-corrected chi connectivity index (χ4v) is 3.22. The van der Waals surface area contributed by atoms with Crippen LogP contribution in [0.4, 0.5) is 5.69 Å². The van der Waals surface area contributed by atoms with Crippen LogP contribution in [-0.2, 0) is 0 Å². The number of ketones is 1. The van der Waals surface area contributed by atoms with Crippen LogP contribution < -0.4 is 5.32 Å². The van der Waals surface area contributed by atoms with Crippen LogP contribution in [0.1, 0.15) is 33.9 Å². The molecule has 4 heteroatoms. The third-order valence-corrected chi connectivity index (χ3v) is 4.96. The first-order chi connectivity index (χ1) is 12.5. The number of carbonyl (C=O) groups is 1. The second kappa shape index (κ2) is 8.52. The van der Waals surface area contributed by atoms with Gasteiger partial charge in [0.15, 0.2) is 5.78 Å². The number of Topliss-reactive ketones (excluding diaryl/α,β-unsaturated/α-hetero) is 1. The highest BCUT2D eigenvalue weighted by atomic mass is 79.9. The van der Waals surface area contributed by atoms with E-state index in [0.29, 0.717) is 11.4 Å². The Morgan fingerprint density at radius 2 is 1.73 bits per heavy atom. The van der Waals surface area contributed by atoms with Gasteiger partial charge in [-0.1, -0.05) is 75.6 Å². The summed E-state index contributed by atoms with van der Waals surface area (Å²) in [5.41, 5.74) is 3.81. The SMILES string of the molecule is Cc1ccc(C(=O)CC(Nc2cccc(Cl)c2)c2ccc(Br)cc2)cc1. The molecule has 2 nitrogen and oxygen atoms in total. The van der Waals surface area contributed by atoms with Crippen LogP contribution in [0.15, 0.2) is 77.3 Å². The zero-order valence-electron chi connectivity index (χ0n) is 14.4. The Bertz CT molecular complexity index is 891. The lowest BCUT2D eigenvalue weighted by molar-refractivity contribution is 0.0976. The molecule has 0 saturated carbocycles. The Morgan fingerprint density at radius 3 is 2.38 bits per heavy atom. The fraction of sp³-hybridized carbons (Fsp3) is 0.136. The van der Waals surface area contributed by atoms with Crippen LogP contribution in [0, 0.1) is 6.92 Å². The summed E-state index contributed by atoms with van der Waals surface area (Å²) in [6.45, 7) is 2.01. The van der Waals surface area contributed by atoms with Gasteiger partial charge >= 0.3 is 0 Å². The summed E-state index contributed by atoms with van der Waals surface area (Å²) in [6, 6.07) is 23.1. The molecule has 0 aromatic heterocycles. The Hall–Kier alpha value is -2.10. The van der Waals surface area contributed by atoms with E-state index < -0.39 is 0 Å². The summed E-state index contributed by atoms with van der Waals surface area (Å²) in [6.07, 6.45) is 0.358. The van der Waals surface area contributed by atoms with Crippen molar-refractivity contribution in [3.05, 3.63) is 99.0 Å². The molecule has 3 aromatic carbocycles. The van der Waals surface area contributed by atoms with Crippen LogP contribution in [-0.4, -0.2) is 5.78 Å². The second-order valence-corrected chi connectivity index (χ2v) is 7.60. The van der Waals surface area contributed by atoms with Crippen LogP contribution in [0.2, 0.25) is 5.02 Å². The molecule has 0 aliphatic heterocycles. The third-order valence-electron chi connectivity index (χ3n) is 4.20. The predicted octanol–water partition coefficient (Wildman–Crippen LogP) is 6.84. The fourth-order valence-electron chi connectivity index (χ4n) is 2.77. The summed E-state index contributed by atoms with van der Waals surface area (Å²) in [4.78, 5) is 12.8. The van der Waals surface area contributed by atoms with Gasteiger partial charge in [-0.25, -0.2) is 0 Å². The maximum atomic E-state index is 12.8. The lowest BCUT2D eigenvalue weighted by Crippen LogP contribution is -2.16. The van der Waals surface area contributed by atoms with E-state index in [1.54, 1.807) is 0 Å². The molecule has 132 valence electrons. The van der Waals surface area contributed by atoms with Gasteiger partial charge in [0.05, 0.1) is 6.04 Å². The third kappa shape index (κ3) is 4.96. The van der Waals surface area contributed by atoms with Crippen molar-refractivity contribution in [3.8, 4) is 0 Å². The minimum Gasteiger partial charge on any atom is -0.378 e. The number of halogens is 2. The Morgan fingerprint density at radius 1 is 1.04 bits per heavy atom. The number of hydrogen-bond acceptors (Lipinski definition) is 2. The van der Waals surface area contributed by atoms with Gasteiger partial charge in [0, 0.05) is 27.2 Å². The van der Waals surface area contributed by atoms with Crippen molar-refractivity contribution in [2.24, 2.45) is 0 Å². The number of nitrogens with one attached hydrogen (secondary N) is 1. The number of hydrogen-bond donors (Lipinski definition) is 1. The van der Waals surface area contributed by atoms with Crippen LogP contribution in [0.5, 0.6) is 0 Å². The Labute approximate surface area is 167 Å². The summed E-state index contributed by atoms with van der Waals surface area (Å²) < 4.78 is 1.01. The summed E-state index contributed by atoms with van der Waals surface area (Å²) in [5, 5.41) is 4.11. The number of carbonyl (C=O) groups excluding carboxylic acids is 1. The van der Waals surface area contributed by atoms with E-state index in [1.807, 2.05) is 79.7 Å². The van der Waals surface area contributed by atoms with Crippen LogP contribution in [0.3, 0.4) is 0 Å². The van der Waals surface area contributed by atoms with E-state index in [0.717, 1.165) is 26.9 Å². The highest BCUT2D eigenvalue weighted by Crippen LogP contribution is 2.27. The van der Waals surface area contributed by atoms with Gasteiger partial charge in [-0.15, -0.1) is 0 Å². The molecule has 0 saturated heterocycles. The molecule has 0 radical (unpaired) electrons. The molecule has 0 aliphatic carbocycles. The maximum absolute atomic E-state index is 12.8. The molecular formula is C22H19BrClNO. The number of anilines is 1. The van der Waals surface area contributed by atoms with Gasteiger partial charge in [-0.05, 0) is 42.8 Å². The molecule has 1 N–H and O–H groups in total. The molecule has 0 aliphatic rings. The molecule has 0 heterocycles. The normalized spacial score (nSPS) is 11.8. The van der Waals surface area contributed by atoms with Gasteiger partial charge in [0.1, 0.15) is 0 Å². The molecule has 3 aromatic rings.